The van der Waals surface area contributed by atoms with Crippen molar-refractivity contribution in [2.24, 2.45) is 11.8 Å². The predicted molar refractivity (Wildman–Crippen MR) is 66.6 cm³/mol. The second-order valence-corrected chi connectivity index (χ2v) is 4.62. The molecular weight excluding hydrogens is 252 g/mol. The van der Waals surface area contributed by atoms with Gasteiger partial charge in [0.05, 0.1) is 11.8 Å². The van der Waals surface area contributed by atoms with Crippen LogP contribution < -0.4 is 5.32 Å². The van der Waals surface area contributed by atoms with Gasteiger partial charge in [-0.25, -0.2) is 0 Å². The Morgan fingerprint density at radius 3 is 2.37 bits per heavy atom. The van der Waals surface area contributed by atoms with Gasteiger partial charge in [0, 0.05) is 26.1 Å². The van der Waals surface area contributed by atoms with E-state index in [-0.39, 0.29) is 18.9 Å². The second kappa shape index (κ2) is 7.08. The summed E-state index contributed by atoms with van der Waals surface area (Å²) in [5.74, 6) is -4.32. The number of piperidine rings is 1. The number of carboxylic acid groups (broad SMARTS) is 2. The van der Waals surface area contributed by atoms with Crippen LogP contribution in [0.1, 0.15) is 19.8 Å². The summed E-state index contributed by atoms with van der Waals surface area (Å²) in [6.07, 6.45) is 0.497. The molecule has 0 bridgehead atoms. The Kier molecular flexibility index (Phi) is 5.75. The Hall–Kier alpha value is -1.63. The van der Waals surface area contributed by atoms with Crippen molar-refractivity contribution in [3.8, 4) is 0 Å². The summed E-state index contributed by atoms with van der Waals surface area (Å²) in [5.41, 5.74) is 0. The fraction of sp³-hybridized carbons (Fsp3) is 0.750. The first kappa shape index (κ1) is 15.4. The average Bonchev–Trinajstić information content (AvgIpc) is 2.38. The number of carbonyl (C=O) groups excluding carboxylic acids is 1. The summed E-state index contributed by atoms with van der Waals surface area (Å²) in [7, 11) is 0. The number of nitrogens with zero attached hydrogens (tertiary/aromatic N) is 1. The van der Waals surface area contributed by atoms with Crippen molar-refractivity contribution in [3.63, 3.8) is 0 Å². The highest BCUT2D eigenvalue weighted by Crippen LogP contribution is 2.24. The Morgan fingerprint density at radius 2 is 1.84 bits per heavy atom. The minimum absolute atomic E-state index is 0.0166. The summed E-state index contributed by atoms with van der Waals surface area (Å²) in [4.78, 5) is 35.4. The van der Waals surface area contributed by atoms with Crippen LogP contribution >= 0.6 is 0 Å². The van der Waals surface area contributed by atoms with Gasteiger partial charge in [0.25, 0.3) is 0 Å². The molecule has 0 saturated carbocycles. The zero-order valence-electron chi connectivity index (χ0n) is 11.0. The third kappa shape index (κ3) is 4.20. The van der Waals surface area contributed by atoms with E-state index in [0.29, 0.717) is 19.5 Å². The Balaban J connectivity index is 2.58. The van der Waals surface area contributed by atoms with Gasteiger partial charge in [0.1, 0.15) is 0 Å². The summed E-state index contributed by atoms with van der Waals surface area (Å²) in [5, 5.41) is 21.1. The van der Waals surface area contributed by atoms with E-state index >= 15 is 0 Å². The van der Waals surface area contributed by atoms with E-state index in [1.165, 1.54) is 4.90 Å². The molecule has 1 saturated heterocycles. The molecule has 7 heteroatoms. The van der Waals surface area contributed by atoms with Gasteiger partial charge >= 0.3 is 11.9 Å². The third-order valence-electron chi connectivity index (χ3n) is 3.37. The number of carboxylic acids is 2. The van der Waals surface area contributed by atoms with Gasteiger partial charge in [-0.05, 0) is 13.0 Å². The maximum absolute atomic E-state index is 11.9. The number of hydrogen-bond donors (Lipinski definition) is 3. The minimum atomic E-state index is -1.16. The fourth-order valence-corrected chi connectivity index (χ4v) is 2.25. The van der Waals surface area contributed by atoms with Crippen molar-refractivity contribution in [1.82, 2.24) is 10.2 Å². The number of nitrogens with one attached hydrogen (secondary N) is 1. The first-order valence-corrected chi connectivity index (χ1v) is 6.41. The Labute approximate surface area is 111 Å². The summed E-state index contributed by atoms with van der Waals surface area (Å²) < 4.78 is 0. The number of hydrogen-bond acceptors (Lipinski definition) is 4. The number of aliphatic carboxylic acids is 2. The van der Waals surface area contributed by atoms with E-state index in [1.807, 2.05) is 6.92 Å². The van der Waals surface area contributed by atoms with E-state index in [9.17, 15) is 14.4 Å². The van der Waals surface area contributed by atoms with Gasteiger partial charge < -0.3 is 20.4 Å². The molecule has 108 valence electrons. The van der Waals surface area contributed by atoms with Crippen LogP contribution in [0, 0.1) is 11.8 Å². The lowest BCUT2D eigenvalue weighted by molar-refractivity contribution is -0.159. The number of likely N-dealkylation sites (tertiary alicyclic amines) is 1. The standard InChI is InChI=1S/C12H20N2O5/c1-2-13-5-3-10(15)14-6-4-8(11(16)17)9(7-14)12(18)19/h8-9,13H,2-7H2,1H3,(H,16,17)(H,18,19). The first-order chi connectivity index (χ1) is 8.97. The molecule has 2 atom stereocenters. The molecule has 1 aliphatic rings. The molecule has 2 unspecified atom stereocenters. The molecule has 0 aromatic carbocycles. The highest BCUT2D eigenvalue weighted by atomic mass is 16.4. The molecule has 0 aliphatic carbocycles. The molecule has 19 heavy (non-hydrogen) atoms. The van der Waals surface area contributed by atoms with Crippen LogP contribution in [0.15, 0.2) is 0 Å². The van der Waals surface area contributed by atoms with E-state index in [2.05, 4.69) is 5.32 Å². The van der Waals surface area contributed by atoms with Gasteiger partial charge in [-0.15, -0.1) is 0 Å². The van der Waals surface area contributed by atoms with Gasteiger partial charge in [0.15, 0.2) is 0 Å². The molecule has 3 N–H and O–H groups in total. The minimum Gasteiger partial charge on any atom is -0.481 e. The largest absolute Gasteiger partial charge is 0.481 e. The smallest absolute Gasteiger partial charge is 0.309 e. The maximum Gasteiger partial charge on any atom is 0.309 e. The second-order valence-electron chi connectivity index (χ2n) is 4.62. The fourth-order valence-electron chi connectivity index (χ4n) is 2.25. The first-order valence-electron chi connectivity index (χ1n) is 6.41. The van der Waals surface area contributed by atoms with Crippen LogP contribution in [0.5, 0.6) is 0 Å². The zero-order valence-corrected chi connectivity index (χ0v) is 11.0. The highest BCUT2D eigenvalue weighted by Gasteiger charge is 2.39. The van der Waals surface area contributed by atoms with E-state index in [4.69, 9.17) is 10.2 Å². The lowest BCUT2D eigenvalue weighted by Gasteiger charge is -2.34. The zero-order chi connectivity index (χ0) is 14.4. The van der Waals surface area contributed by atoms with Crippen molar-refractivity contribution in [1.29, 1.82) is 0 Å². The molecule has 0 aromatic rings. The van der Waals surface area contributed by atoms with Crippen molar-refractivity contribution >= 4 is 17.8 Å². The van der Waals surface area contributed by atoms with Crippen molar-refractivity contribution < 1.29 is 24.6 Å². The number of amides is 1. The van der Waals surface area contributed by atoms with E-state index in [1.54, 1.807) is 0 Å². The lowest BCUT2D eigenvalue weighted by Crippen LogP contribution is -2.49. The predicted octanol–water partition coefficient (Wildman–Crippen LogP) is -0.380. The van der Waals surface area contributed by atoms with Crippen molar-refractivity contribution in [2.75, 3.05) is 26.2 Å². The number of carbonyl (C=O) groups is 3. The third-order valence-corrected chi connectivity index (χ3v) is 3.37. The van der Waals surface area contributed by atoms with E-state index in [0.717, 1.165) is 6.54 Å². The molecule has 1 heterocycles. The molecule has 0 spiro atoms. The maximum atomic E-state index is 11.9. The summed E-state index contributed by atoms with van der Waals surface area (Å²) in [6, 6.07) is 0. The molecule has 1 fully saturated rings. The number of rotatable bonds is 6. The van der Waals surface area contributed by atoms with Crippen molar-refractivity contribution in [2.45, 2.75) is 19.8 Å². The Morgan fingerprint density at radius 1 is 1.21 bits per heavy atom. The van der Waals surface area contributed by atoms with Gasteiger partial charge in [-0.1, -0.05) is 6.92 Å². The van der Waals surface area contributed by atoms with Crippen LogP contribution in [0.2, 0.25) is 0 Å². The van der Waals surface area contributed by atoms with Crippen LogP contribution in [0.4, 0.5) is 0 Å². The van der Waals surface area contributed by atoms with Crippen LogP contribution in [-0.4, -0.2) is 59.1 Å². The van der Waals surface area contributed by atoms with E-state index < -0.39 is 23.8 Å². The van der Waals surface area contributed by atoms with Crippen LogP contribution in [0.3, 0.4) is 0 Å². The van der Waals surface area contributed by atoms with Crippen molar-refractivity contribution in [3.05, 3.63) is 0 Å². The van der Waals surface area contributed by atoms with Crippen LogP contribution in [0.25, 0.3) is 0 Å². The average molecular weight is 272 g/mol. The quantitative estimate of drug-likeness (QED) is 0.569. The molecule has 7 nitrogen and oxygen atoms in total. The van der Waals surface area contributed by atoms with Gasteiger partial charge in [0.2, 0.25) is 5.91 Å². The lowest BCUT2D eigenvalue weighted by atomic mass is 9.85. The molecule has 1 rings (SSSR count). The normalized spacial score (nSPS) is 23.1. The molecule has 0 aromatic heterocycles. The summed E-state index contributed by atoms with van der Waals surface area (Å²) in [6.45, 7) is 3.55. The molecule has 0 radical (unpaired) electrons. The molecule has 1 amide bonds. The Bertz CT molecular complexity index is 358. The van der Waals surface area contributed by atoms with Gasteiger partial charge in [-0.3, -0.25) is 14.4 Å². The molecule has 1 aliphatic heterocycles. The monoisotopic (exact) mass is 272 g/mol. The van der Waals surface area contributed by atoms with Crippen LogP contribution in [-0.2, 0) is 14.4 Å². The topological polar surface area (TPSA) is 107 Å². The van der Waals surface area contributed by atoms with Gasteiger partial charge in [-0.2, -0.15) is 0 Å². The highest BCUT2D eigenvalue weighted by molar-refractivity contribution is 5.82. The molecular formula is C12H20N2O5. The SMILES string of the molecule is CCNCCC(=O)N1CCC(C(=O)O)C(C(=O)O)C1. The summed E-state index contributed by atoms with van der Waals surface area (Å²) >= 11 is 0.